The second kappa shape index (κ2) is 12.2. The van der Waals surface area contributed by atoms with Crippen LogP contribution in [0.2, 0.25) is 5.02 Å². The first-order valence-corrected chi connectivity index (χ1v) is 12.1. The number of amides is 2. The highest BCUT2D eigenvalue weighted by Crippen LogP contribution is 2.30. The molecule has 4 nitrogen and oxygen atoms in total. The third-order valence-electron chi connectivity index (χ3n) is 5.94. The number of halogens is 3. The number of nitrogens with one attached hydrogen (secondary N) is 1. The Kier molecular flexibility index (Phi) is 9.36. The highest BCUT2D eigenvalue weighted by molar-refractivity contribution is 6.31. The maximum absolute atomic E-state index is 13.7. The van der Waals surface area contributed by atoms with Crippen LogP contribution in [0.3, 0.4) is 0 Å². The van der Waals surface area contributed by atoms with Crippen molar-refractivity contribution in [1.29, 1.82) is 0 Å². The quantitative estimate of drug-likeness (QED) is 0.392. The number of hydrogen-bond acceptors (Lipinski definition) is 2. The number of rotatable bonds is 8. The van der Waals surface area contributed by atoms with Crippen molar-refractivity contribution in [3.05, 3.63) is 70.5 Å². The van der Waals surface area contributed by atoms with Gasteiger partial charge in [0.1, 0.15) is 17.7 Å². The maximum Gasteiger partial charge on any atom is 0.247 e. The molecule has 2 aromatic carbocycles. The van der Waals surface area contributed by atoms with E-state index in [0.717, 1.165) is 44.1 Å². The molecule has 0 bridgehead atoms. The molecule has 1 aliphatic carbocycles. The Labute approximate surface area is 199 Å². The van der Waals surface area contributed by atoms with Crippen LogP contribution < -0.4 is 5.32 Å². The summed E-state index contributed by atoms with van der Waals surface area (Å²) in [6.07, 6.45) is 6.80. The molecule has 2 aromatic rings. The van der Waals surface area contributed by atoms with Crippen LogP contribution in [0.1, 0.15) is 55.7 Å². The number of alkyl halides is 1. The Morgan fingerprint density at radius 1 is 1.06 bits per heavy atom. The zero-order valence-corrected chi connectivity index (χ0v) is 19.5. The number of carbonyl (C=O) groups excluding carboxylic acids is 2. The molecule has 0 spiro atoms. The van der Waals surface area contributed by atoms with Crippen LogP contribution in [0.25, 0.3) is 0 Å². The summed E-state index contributed by atoms with van der Waals surface area (Å²) in [5.74, 6) is -1.44. The highest BCUT2D eigenvalue weighted by atomic mass is 35.5. The van der Waals surface area contributed by atoms with Crippen molar-refractivity contribution < 1.29 is 14.0 Å². The monoisotopic (exact) mass is 478 g/mol. The summed E-state index contributed by atoms with van der Waals surface area (Å²) < 4.78 is 13.7. The molecule has 0 radical (unpaired) electrons. The van der Waals surface area contributed by atoms with Crippen molar-refractivity contribution in [3.63, 3.8) is 0 Å². The summed E-state index contributed by atoms with van der Waals surface area (Å²) in [7, 11) is 0. The molecule has 1 N–H and O–H groups in total. The molecule has 3 rings (SSSR count). The second-order valence-corrected chi connectivity index (χ2v) is 8.90. The van der Waals surface area contributed by atoms with Crippen molar-refractivity contribution in [2.45, 2.75) is 57.0 Å². The van der Waals surface area contributed by atoms with Gasteiger partial charge in [-0.1, -0.05) is 73.7 Å². The lowest BCUT2D eigenvalue weighted by Crippen LogP contribution is -2.47. The third kappa shape index (κ3) is 6.69. The van der Waals surface area contributed by atoms with Crippen molar-refractivity contribution in [2.75, 3.05) is 12.4 Å². The highest BCUT2D eigenvalue weighted by Gasteiger charge is 2.33. The van der Waals surface area contributed by atoms with E-state index in [1.807, 2.05) is 30.3 Å². The summed E-state index contributed by atoms with van der Waals surface area (Å²) in [6.45, 7) is 0.284. The van der Waals surface area contributed by atoms with E-state index in [-0.39, 0.29) is 35.3 Å². The molecule has 1 fully saturated rings. The zero-order valence-electron chi connectivity index (χ0n) is 18.0. The van der Waals surface area contributed by atoms with Crippen LogP contribution in [0, 0.1) is 5.82 Å². The van der Waals surface area contributed by atoms with Crippen LogP contribution in [0.4, 0.5) is 4.39 Å². The van der Waals surface area contributed by atoms with Crippen LogP contribution >= 0.6 is 23.2 Å². The van der Waals surface area contributed by atoms with Crippen molar-refractivity contribution in [1.82, 2.24) is 10.2 Å². The Morgan fingerprint density at radius 2 is 1.75 bits per heavy atom. The predicted octanol–water partition coefficient (Wildman–Crippen LogP) is 5.67. The molecule has 1 atom stereocenters. The Bertz CT molecular complexity index is 902. The van der Waals surface area contributed by atoms with Gasteiger partial charge in [0, 0.05) is 23.2 Å². The minimum absolute atomic E-state index is 0.0498. The summed E-state index contributed by atoms with van der Waals surface area (Å²) >= 11 is 12.3. The van der Waals surface area contributed by atoms with Gasteiger partial charge in [0.25, 0.3) is 0 Å². The van der Waals surface area contributed by atoms with Gasteiger partial charge in [-0.3, -0.25) is 9.59 Å². The fraction of sp³-hybridized carbons (Fsp3) is 0.440. The molecule has 1 aliphatic rings. The van der Waals surface area contributed by atoms with Gasteiger partial charge in [-0.05, 0) is 37.0 Å². The normalized spacial score (nSPS) is 15.6. The van der Waals surface area contributed by atoms with Gasteiger partial charge in [-0.15, -0.1) is 11.6 Å². The van der Waals surface area contributed by atoms with E-state index >= 15 is 0 Å². The first-order chi connectivity index (χ1) is 15.5. The Morgan fingerprint density at radius 3 is 2.38 bits per heavy atom. The number of hydrogen-bond donors (Lipinski definition) is 1. The molecular formula is C25H29Cl2FN2O2. The number of nitrogens with zero attached hydrogens (tertiary/aromatic N) is 1. The smallest absolute Gasteiger partial charge is 0.247 e. The summed E-state index contributed by atoms with van der Waals surface area (Å²) in [5, 5.41) is 3.24. The largest absolute Gasteiger partial charge is 0.351 e. The molecule has 0 heterocycles. The molecule has 0 unspecified atom stereocenters. The lowest BCUT2D eigenvalue weighted by atomic mass is 10.0. The molecule has 0 aliphatic heterocycles. The lowest BCUT2D eigenvalue weighted by molar-refractivity contribution is -0.139. The molecule has 1 saturated carbocycles. The van der Waals surface area contributed by atoms with Crippen LogP contribution in [0.15, 0.2) is 48.5 Å². The summed E-state index contributed by atoms with van der Waals surface area (Å²) in [4.78, 5) is 27.9. The lowest BCUT2D eigenvalue weighted by Gasteiger charge is -2.33. The predicted molar refractivity (Wildman–Crippen MR) is 126 cm³/mol. The van der Waals surface area contributed by atoms with Crippen LogP contribution in [0.5, 0.6) is 0 Å². The summed E-state index contributed by atoms with van der Waals surface area (Å²) in [6, 6.07) is 12.7. The topological polar surface area (TPSA) is 49.4 Å². The fourth-order valence-electron chi connectivity index (χ4n) is 4.25. The Hall–Kier alpha value is -2.11. The van der Waals surface area contributed by atoms with Gasteiger partial charge >= 0.3 is 0 Å². The third-order valence-corrected chi connectivity index (χ3v) is 6.49. The van der Waals surface area contributed by atoms with E-state index in [9.17, 15) is 14.0 Å². The van der Waals surface area contributed by atoms with Gasteiger partial charge in [0.2, 0.25) is 11.8 Å². The Balaban J connectivity index is 1.91. The van der Waals surface area contributed by atoms with Gasteiger partial charge in [-0.25, -0.2) is 4.39 Å². The van der Waals surface area contributed by atoms with Crippen molar-refractivity contribution in [2.24, 2.45) is 0 Å². The van der Waals surface area contributed by atoms with Gasteiger partial charge in [0.05, 0.1) is 0 Å². The maximum atomic E-state index is 13.7. The molecule has 0 saturated heterocycles. The molecule has 7 heteroatoms. The van der Waals surface area contributed by atoms with E-state index in [0.29, 0.717) is 12.0 Å². The van der Waals surface area contributed by atoms with Crippen LogP contribution in [-0.2, 0) is 16.0 Å². The van der Waals surface area contributed by atoms with Gasteiger partial charge in [-0.2, -0.15) is 0 Å². The van der Waals surface area contributed by atoms with Gasteiger partial charge in [0.15, 0.2) is 0 Å². The average molecular weight is 479 g/mol. The first kappa shape index (κ1) is 24.5. The van der Waals surface area contributed by atoms with Gasteiger partial charge < -0.3 is 10.2 Å². The number of benzene rings is 2. The minimum Gasteiger partial charge on any atom is -0.351 e. The van der Waals surface area contributed by atoms with E-state index < -0.39 is 11.9 Å². The van der Waals surface area contributed by atoms with E-state index in [2.05, 4.69) is 5.32 Å². The average Bonchev–Trinajstić information content (AvgIpc) is 3.06. The van der Waals surface area contributed by atoms with E-state index in [1.165, 1.54) is 23.1 Å². The van der Waals surface area contributed by atoms with E-state index in [4.69, 9.17) is 23.2 Å². The molecular weight excluding hydrogens is 450 g/mol. The molecule has 0 aromatic heterocycles. The zero-order chi connectivity index (χ0) is 22.9. The van der Waals surface area contributed by atoms with E-state index in [1.54, 1.807) is 0 Å². The molecule has 172 valence electrons. The first-order valence-electron chi connectivity index (χ1n) is 11.1. The van der Waals surface area contributed by atoms with Crippen molar-refractivity contribution in [3.8, 4) is 0 Å². The standard InChI is InChI=1S/C25H29Cl2FN2O2/c26-17-23(31)30(15-14-18-8-4-3-5-9-18)24(21-13-12-19(28)16-22(21)27)25(32)29-20-10-6-1-2-7-11-20/h3-5,8-9,12-13,16,20,24H,1-2,6-7,10-11,14-15,17H2,(H,29,32)/t24-/m0/s1. The number of carbonyl (C=O) groups is 2. The van der Waals surface area contributed by atoms with Crippen molar-refractivity contribution >= 4 is 35.0 Å². The molecule has 32 heavy (non-hydrogen) atoms. The summed E-state index contributed by atoms with van der Waals surface area (Å²) in [5.41, 5.74) is 1.43. The van der Waals surface area contributed by atoms with Crippen LogP contribution in [-0.4, -0.2) is 35.2 Å². The second-order valence-electron chi connectivity index (χ2n) is 8.22. The molecule has 2 amide bonds. The SMILES string of the molecule is O=C(NC1CCCCCC1)[C@H](c1ccc(F)cc1Cl)N(CCc1ccccc1)C(=O)CCl. The minimum atomic E-state index is -0.985. The fourth-order valence-corrected chi connectivity index (χ4v) is 4.67.